The van der Waals surface area contributed by atoms with Crippen molar-refractivity contribution < 1.29 is 18.9 Å². The van der Waals surface area contributed by atoms with Gasteiger partial charge >= 0.3 is 12.0 Å². The van der Waals surface area contributed by atoms with E-state index in [4.69, 9.17) is 5.11 Å². The van der Waals surface area contributed by atoms with Crippen LogP contribution in [0.25, 0.3) is 0 Å². The number of hydrogen-bond donors (Lipinski definition) is 2. The number of nitrogens with zero attached hydrogens (tertiary/aromatic N) is 1. The number of urea groups is 1. The van der Waals surface area contributed by atoms with Gasteiger partial charge in [0.05, 0.1) is 5.92 Å². The molecular formula is C15H26N2O4S. The van der Waals surface area contributed by atoms with Gasteiger partial charge in [-0.1, -0.05) is 13.3 Å². The van der Waals surface area contributed by atoms with Crippen molar-refractivity contribution in [1.82, 2.24) is 10.2 Å². The minimum absolute atomic E-state index is 0.0620. The quantitative estimate of drug-likeness (QED) is 0.819. The average molecular weight is 330 g/mol. The molecule has 0 radical (unpaired) electrons. The third kappa shape index (κ3) is 4.44. The third-order valence-electron chi connectivity index (χ3n) is 4.67. The van der Waals surface area contributed by atoms with Crippen molar-refractivity contribution in [3.8, 4) is 0 Å². The van der Waals surface area contributed by atoms with Crippen LogP contribution >= 0.6 is 0 Å². The van der Waals surface area contributed by atoms with Crippen LogP contribution in [0.4, 0.5) is 4.79 Å². The van der Waals surface area contributed by atoms with Crippen LogP contribution in [-0.4, -0.2) is 56.3 Å². The van der Waals surface area contributed by atoms with Crippen LogP contribution in [0.1, 0.15) is 45.4 Å². The van der Waals surface area contributed by atoms with Crippen molar-refractivity contribution in [2.45, 2.75) is 56.7 Å². The Kier molecular flexibility index (Phi) is 6.23. The van der Waals surface area contributed by atoms with E-state index in [9.17, 15) is 13.8 Å². The summed E-state index contributed by atoms with van der Waals surface area (Å²) in [5, 5.41) is 12.3. The first-order valence-electron chi connectivity index (χ1n) is 8.16. The molecule has 0 aromatic carbocycles. The molecule has 2 aliphatic rings. The van der Waals surface area contributed by atoms with E-state index in [-0.39, 0.29) is 23.9 Å². The number of hydrogen-bond acceptors (Lipinski definition) is 3. The molecule has 0 aromatic rings. The van der Waals surface area contributed by atoms with Crippen molar-refractivity contribution in [3.05, 3.63) is 0 Å². The first kappa shape index (κ1) is 17.2. The number of carboxylic acids is 1. The molecule has 126 valence electrons. The highest BCUT2D eigenvalue weighted by molar-refractivity contribution is 7.85. The average Bonchev–Trinajstić information content (AvgIpc) is 2.54. The molecule has 1 aliphatic carbocycles. The van der Waals surface area contributed by atoms with Gasteiger partial charge in [0.1, 0.15) is 0 Å². The Hall–Kier alpha value is -1.11. The first-order valence-corrected chi connectivity index (χ1v) is 9.54. The highest BCUT2D eigenvalue weighted by Gasteiger charge is 2.31. The second kappa shape index (κ2) is 7.94. The Morgan fingerprint density at radius 2 is 2.05 bits per heavy atom. The van der Waals surface area contributed by atoms with E-state index in [1.807, 2.05) is 6.92 Å². The molecule has 0 bridgehead atoms. The minimum Gasteiger partial charge on any atom is -0.481 e. The molecular weight excluding hydrogens is 304 g/mol. The lowest BCUT2D eigenvalue weighted by Gasteiger charge is -2.34. The van der Waals surface area contributed by atoms with Crippen LogP contribution < -0.4 is 5.32 Å². The Bertz CT molecular complexity index is 443. The zero-order valence-electron chi connectivity index (χ0n) is 13.1. The predicted molar refractivity (Wildman–Crippen MR) is 85.2 cm³/mol. The van der Waals surface area contributed by atoms with Gasteiger partial charge < -0.3 is 15.3 Å². The first-order chi connectivity index (χ1) is 10.5. The largest absolute Gasteiger partial charge is 0.481 e. The number of amides is 2. The topological polar surface area (TPSA) is 86.7 Å². The van der Waals surface area contributed by atoms with Crippen molar-refractivity contribution in [2.24, 2.45) is 5.92 Å². The molecule has 2 N–H and O–H groups in total. The van der Waals surface area contributed by atoms with Crippen LogP contribution in [-0.2, 0) is 15.6 Å². The van der Waals surface area contributed by atoms with Crippen LogP contribution in [0.5, 0.6) is 0 Å². The van der Waals surface area contributed by atoms with Gasteiger partial charge in [-0.25, -0.2) is 4.79 Å². The Labute approximate surface area is 134 Å². The molecule has 4 unspecified atom stereocenters. The van der Waals surface area contributed by atoms with E-state index in [0.29, 0.717) is 18.7 Å². The fraction of sp³-hybridized carbons (Fsp3) is 0.867. The number of carbonyl (C=O) groups is 2. The van der Waals surface area contributed by atoms with Crippen LogP contribution in [0.3, 0.4) is 0 Å². The highest BCUT2D eigenvalue weighted by Crippen LogP contribution is 2.24. The normalized spacial score (nSPS) is 30.6. The summed E-state index contributed by atoms with van der Waals surface area (Å²) < 4.78 is 11.9. The van der Waals surface area contributed by atoms with Crippen LogP contribution in [0.2, 0.25) is 0 Å². The van der Waals surface area contributed by atoms with Crippen LogP contribution in [0, 0.1) is 5.92 Å². The third-order valence-corrected chi connectivity index (χ3v) is 6.41. The molecule has 6 nitrogen and oxygen atoms in total. The lowest BCUT2D eigenvalue weighted by atomic mass is 9.95. The van der Waals surface area contributed by atoms with Gasteiger partial charge in [0.25, 0.3) is 0 Å². The summed E-state index contributed by atoms with van der Waals surface area (Å²) in [7, 11) is -0.808. The lowest BCUT2D eigenvalue weighted by Crippen LogP contribution is -2.51. The van der Waals surface area contributed by atoms with Gasteiger partial charge in [-0.3, -0.25) is 9.00 Å². The maximum atomic E-state index is 12.3. The molecule has 2 fully saturated rings. The number of piperidine rings is 1. The number of carbonyl (C=O) groups excluding carboxylic acids is 1. The Morgan fingerprint density at radius 1 is 1.27 bits per heavy atom. The van der Waals surface area contributed by atoms with Crippen molar-refractivity contribution in [2.75, 3.05) is 18.8 Å². The molecule has 4 atom stereocenters. The summed E-state index contributed by atoms with van der Waals surface area (Å²) in [5.41, 5.74) is 0. The summed E-state index contributed by atoms with van der Waals surface area (Å²) in [6.45, 7) is 2.84. The summed E-state index contributed by atoms with van der Waals surface area (Å²) >= 11 is 0. The van der Waals surface area contributed by atoms with E-state index >= 15 is 0 Å². The Morgan fingerprint density at radius 3 is 2.73 bits per heavy atom. The molecule has 1 saturated carbocycles. The SMILES string of the molecule is CCS(=O)C1CCCC(NC(=O)N2CCCC(C(=O)O)C2)C1. The predicted octanol–water partition coefficient (Wildman–Crippen LogP) is 1.57. The van der Waals surface area contributed by atoms with E-state index in [1.54, 1.807) is 4.90 Å². The van der Waals surface area contributed by atoms with E-state index in [1.165, 1.54) is 0 Å². The molecule has 7 heteroatoms. The summed E-state index contributed by atoms with van der Waals surface area (Å²) in [6.07, 6.45) is 5.01. The van der Waals surface area contributed by atoms with Gasteiger partial charge in [0, 0.05) is 40.9 Å². The second-order valence-corrected chi connectivity index (χ2v) is 8.23. The number of likely N-dealkylation sites (tertiary alicyclic amines) is 1. The number of rotatable bonds is 4. The summed E-state index contributed by atoms with van der Waals surface area (Å²) in [4.78, 5) is 25.0. The number of nitrogens with one attached hydrogen (secondary N) is 1. The monoisotopic (exact) mass is 330 g/mol. The maximum Gasteiger partial charge on any atom is 0.317 e. The van der Waals surface area contributed by atoms with E-state index in [0.717, 1.165) is 32.1 Å². The van der Waals surface area contributed by atoms with Gasteiger partial charge in [-0.15, -0.1) is 0 Å². The molecule has 2 amide bonds. The fourth-order valence-corrected chi connectivity index (χ4v) is 4.73. The van der Waals surface area contributed by atoms with E-state index in [2.05, 4.69) is 5.32 Å². The standard InChI is InChI=1S/C15H26N2O4S/c1-2-22(21)13-7-3-6-12(9-13)16-15(20)17-8-4-5-11(10-17)14(18)19/h11-13H,2-10H2,1H3,(H,16,20)(H,18,19). The smallest absolute Gasteiger partial charge is 0.317 e. The lowest BCUT2D eigenvalue weighted by molar-refractivity contribution is -0.143. The molecule has 1 saturated heterocycles. The fourth-order valence-electron chi connectivity index (χ4n) is 3.38. The van der Waals surface area contributed by atoms with Crippen molar-refractivity contribution >= 4 is 22.8 Å². The summed E-state index contributed by atoms with van der Waals surface area (Å²) in [5.74, 6) is -0.614. The molecule has 0 spiro atoms. The zero-order valence-corrected chi connectivity index (χ0v) is 13.9. The van der Waals surface area contributed by atoms with Crippen molar-refractivity contribution in [1.29, 1.82) is 0 Å². The molecule has 22 heavy (non-hydrogen) atoms. The molecule has 2 rings (SSSR count). The molecule has 1 aliphatic heterocycles. The van der Waals surface area contributed by atoms with Gasteiger partial charge in [-0.2, -0.15) is 0 Å². The van der Waals surface area contributed by atoms with Crippen molar-refractivity contribution in [3.63, 3.8) is 0 Å². The zero-order chi connectivity index (χ0) is 16.1. The molecule has 0 aromatic heterocycles. The molecule has 1 heterocycles. The minimum atomic E-state index is -0.825. The highest BCUT2D eigenvalue weighted by atomic mass is 32.2. The van der Waals surface area contributed by atoms with Gasteiger partial charge in [-0.05, 0) is 32.1 Å². The second-order valence-electron chi connectivity index (χ2n) is 6.23. The Balaban J connectivity index is 1.85. The van der Waals surface area contributed by atoms with Crippen LogP contribution in [0.15, 0.2) is 0 Å². The van der Waals surface area contributed by atoms with E-state index < -0.39 is 22.7 Å². The number of aliphatic carboxylic acids is 1. The number of carboxylic acid groups (broad SMARTS) is 1. The maximum absolute atomic E-state index is 12.3. The van der Waals surface area contributed by atoms with Gasteiger partial charge in [0.15, 0.2) is 0 Å². The summed E-state index contributed by atoms with van der Waals surface area (Å²) in [6, 6.07) is -0.106. The van der Waals surface area contributed by atoms with Gasteiger partial charge in [0.2, 0.25) is 0 Å².